The molecule has 20 heavy (non-hydrogen) atoms. The molecule has 2 nitrogen and oxygen atoms in total. The molecule has 2 N–H and O–H groups in total. The Morgan fingerprint density at radius 3 is 2.45 bits per heavy atom. The Hall–Kier alpha value is -0.750. The molecule has 0 saturated heterocycles. The van der Waals surface area contributed by atoms with Crippen molar-refractivity contribution in [2.24, 2.45) is 5.73 Å². The molecule has 6 heteroatoms. The highest BCUT2D eigenvalue weighted by Crippen LogP contribution is 2.28. The largest absolute Gasteiger partial charge is 0.405 e. The van der Waals surface area contributed by atoms with Crippen LogP contribution in [-0.2, 0) is 6.42 Å². The molecule has 0 heterocycles. The zero-order chi connectivity index (χ0) is 15.3. The molecule has 0 amide bonds. The monoisotopic (exact) mass is 352 g/mol. The van der Waals surface area contributed by atoms with Crippen molar-refractivity contribution in [1.82, 2.24) is 0 Å². The quantitative estimate of drug-likeness (QED) is 0.834. The van der Waals surface area contributed by atoms with Crippen LogP contribution in [0, 0.1) is 0 Å². The van der Waals surface area contributed by atoms with E-state index >= 15 is 0 Å². The van der Waals surface area contributed by atoms with E-state index in [1.165, 1.54) is 4.90 Å². The Labute approximate surface area is 126 Å². The smallest absolute Gasteiger partial charge is 0.363 e. The number of hydrogen-bond donors (Lipinski definition) is 1. The maximum atomic E-state index is 12.6. The summed E-state index contributed by atoms with van der Waals surface area (Å²) < 4.78 is 38.8. The van der Waals surface area contributed by atoms with Gasteiger partial charge in [0.25, 0.3) is 0 Å². The predicted molar refractivity (Wildman–Crippen MR) is 80.1 cm³/mol. The zero-order valence-electron chi connectivity index (χ0n) is 11.7. The first-order chi connectivity index (χ1) is 9.26. The van der Waals surface area contributed by atoms with Crippen molar-refractivity contribution >= 4 is 21.6 Å². The lowest BCUT2D eigenvalue weighted by molar-refractivity contribution is -0.119. The van der Waals surface area contributed by atoms with Crippen LogP contribution in [0.15, 0.2) is 22.7 Å². The fourth-order valence-electron chi connectivity index (χ4n) is 2.04. The van der Waals surface area contributed by atoms with E-state index in [1.54, 1.807) is 19.1 Å². The Bertz CT molecular complexity index is 435. The van der Waals surface area contributed by atoms with E-state index in [0.717, 1.165) is 16.5 Å². The lowest BCUT2D eigenvalue weighted by Gasteiger charge is -2.27. The van der Waals surface area contributed by atoms with Crippen LogP contribution < -0.4 is 10.6 Å². The summed E-state index contributed by atoms with van der Waals surface area (Å²) in [5, 5.41) is 0. The molecule has 1 atom stereocenters. The summed E-state index contributed by atoms with van der Waals surface area (Å²) in [6.07, 6.45) is -2.86. The average molecular weight is 353 g/mol. The summed E-state index contributed by atoms with van der Waals surface area (Å²) >= 11 is 3.36. The average Bonchev–Trinajstić information content (AvgIpc) is 2.35. The molecule has 0 radical (unpaired) electrons. The molecule has 0 spiro atoms. The van der Waals surface area contributed by atoms with Crippen LogP contribution in [-0.4, -0.2) is 25.3 Å². The van der Waals surface area contributed by atoms with Crippen LogP contribution in [0.5, 0.6) is 0 Å². The minimum absolute atomic E-state index is 0.0485. The van der Waals surface area contributed by atoms with Crippen LogP contribution in [0.4, 0.5) is 18.9 Å². The van der Waals surface area contributed by atoms with E-state index in [1.807, 2.05) is 13.0 Å². The minimum Gasteiger partial charge on any atom is -0.363 e. The van der Waals surface area contributed by atoms with Crippen LogP contribution in [0.2, 0.25) is 0 Å². The van der Waals surface area contributed by atoms with Gasteiger partial charge in [-0.25, -0.2) is 0 Å². The molecule has 0 aliphatic heterocycles. The Balaban J connectivity index is 3.07. The number of rotatable bonds is 6. The molecule has 0 bridgehead atoms. The number of alkyl halides is 3. The Morgan fingerprint density at radius 1 is 1.30 bits per heavy atom. The van der Waals surface area contributed by atoms with Gasteiger partial charge in [-0.3, -0.25) is 0 Å². The molecule has 0 aromatic heterocycles. The summed E-state index contributed by atoms with van der Waals surface area (Å²) in [6, 6.07) is 5.28. The molecular formula is C14H20BrF3N2. The number of anilines is 1. The highest BCUT2D eigenvalue weighted by molar-refractivity contribution is 9.10. The van der Waals surface area contributed by atoms with Gasteiger partial charge in [0.15, 0.2) is 0 Å². The third kappa shape index (κ3) is 5.32. The molecule has 0 aliphatic carbocycles. The normalized spacial score (nSPS) is 13.3. The fraction of sp³-hybridized carbons (Fsp3) is 0.571. The first kappa shape index (κ1) is 17.3. The first-order valence-corrected chi connectivity index (χ1v) is 7.41. The van der Waals surface area contributed by atoms with Crippen LogP contribution in [0.25, 0.3) is 0 Å². The standard InChI is InChI=1S/C14H20BrF3N2/c1-3-12(19)8-10-7-11(15)5-6-13(10)20(4-2)9-14(16,17)18/h5-7,12H,3-4,8-9,19H2,1-2H3. The van der Waals surface area contributed by atoms with Crippen LogP contribution in [0.3, 0.4) is 0 Å². The molecule has 1 aromatic rings. The van der Waals surface area contributed by atoms with E-state index in [0.29, 0.717) is 18.7 Å². The van der Waals surface area contributed by atoms with Gasteiger partial charge in [0.05, 0.1) is 0 Å². The first-order valence-electron chi connectivity index (χ1n) is 6.62. The molecule has 114 valence electrons. The second kappa shape index (κ2) is 7.31. The van der Waals surface area contributed by atoms with Gasteiger partial charge in [-0.2, -0.15) is 13.2 Å². The molecular weight excluding hydrogens is 333 g/mol. The molecule has 1 unspecified atom stereocenters. The highest BCUT2D eigenvalue weighted by atomic mass is 79.9. The Morgan fingerprint density at radius 2 is 1.95 bits per heavy atom. The second-order valence-corrected chi connectivity index (χ2v) is 5.69. The van der Waals surface area contributed by atoms with Gasteiger partial charge in [0, 0.05) is 22.7 Å². The molecule has 0 saturated carbocycles. The van der Waals surface area contributed by atoms with E-state index < -0.39 is 12.7 Å². The summed E-state index contributed by atoms with van der Waals surface area (Å²) in [5.41, 5.74) is 7.39. The van der Waals surface area contributed by atoms with E-state index in [2.05, 4.69) is 15.9 Å². The van der Waals surface area contributed by atoms with Gasteiger partial charge in [0.1, 0.15) is 6.54 Å². The number of hydrogen-bond acceptors (Lipinski definition) is 2. The lowest BCUT2D eigenvalue weighted by Crippen LogP contribution is -2.35. The van der Waals surface area contributed by atoms with Gasteiger partial charge in [-0.1, -0.05) is 22.9 Å². The number of nitrogens with two attached hydrogens (primary N) is 1. The van der Waals surface area contributed by atoms with Gasteiger partial charge in [-0.05, 0) is 43.5 Å². The Kier molecular flexibility index (Phi) is 6.33. The van der Waals surface area contributed by atoms with Crippen LogP contribution in [0.1, 0.15) is 25.8 Å². The fourth-order valence-corrected chi connectivity index (χ4v) is 2.45. The number of nitrogens with zero attached hydrogens (tertiary/aromatic N) is 1. The summed E-state index contributed by atoms with van der Waals surface area (Å²) in [6.45, 7) is 3.04. The number of benzene rings is 1. The maximum Gasteiger partial charge on any atom is 0.405 e. The highest BCUT2D eigenvalue weighted by Gasteiger charge is 2.31. The van der Waals surface area contributed by atoms with Crippen molar-refractivity contribution in [2.45, 2.75) is 38.9 Å². The maximum absolute atomic E-state index is 12.6. The molecule has 1 aromatic carbocycles. The lowest BCUT2D eigenvalue weighted by atomic mass is 10.0. The zero-order valence-corrected chi connectivity index (χ0v) is 13.3. The van der Waals surface area contributed by atoms with E-state index in [9.17, 15) is 13.2 Å². The molecule has 0 aliphatic rings. The van der Waals surface area contributed by atoms with E-state index in [4.69, 9.17) is 5.73 Å². The van der Waals surface area contributed by atoms with Crippen molar-refractivity contribution in [3.63, 3.8) is 0 Å². The topological polar surface area (TPSA) is 29.3 Å². The van der Waals surface area contributed by atoms with Crippen molar-refractivity contribution in [2.75, 3.05) is 18.0 Å². The minimum atomic E-state index is -4.22. The van der Waals surface area contributed by atoms with Gasteiger partial charge in [0.2, 0.25) is 0 Å². The third-order valence-electron chi connectivity index (χ3n) is 3.14. The van der Waals surface area contributed by atoms with Crippen molar-refractivity contribution in [3.8, 4) is 0 Å². The van der Waals surface area contributed by atoms with Gasteiger partial charge in [-0.15, -0.1) is 0 Å². The summed E-state index contributed by atoms with van der Waals surface area (Å²) in [4.78, 5) is 1.34. The van der Waals surface area contributed by atoms with Gasteiger partial charge < -0.3 is 10.6 Å². The summed E-state index contributed by atoms with van der Waals surface area (Å²) in [7, 11) is 0. The third-order valence-corrected chi connectivity index (χ3v) is 3.63. The second-order valence-electron chi connectivity index (χ2n) is 4.77. The summed E-state index contributed by atoms with van der Waals surface area (Å²) in [5.74, 6) is 0. The van der Waals surface area contributed by atoms with Gasteiger partial charge >= 0.3 is 6.18 Å². The molecule has 1 rings (SSSR count). The predicted octanol–water partition coefficient (Wildman–Crippen LogP) is 4.12. The molecule has 0 fully saturated rings. The van der Waals surface area contributed by atoms with Crippen molar-refractivity contribution in [3.05, 3.63) is 28.2 Å². The van der Waals surface area contributed by atoms with Crippen molar-refractivity contribution < 1.29 is 13.2 Å². The number of halogens is 4. The van der Waals surface area contributed by atoms with Crippen LogP contribution >= 0.6 is 15.9 Å². The SMILES string of the molecule is CCC(N)Cc1cc(Br)ccc1N(CC)CC(F)(F)F. The van der Waals surface area contributed by atoms with E-state index in [-0.39, 0.29) is 6.04 Å². The van der Waals surface area contributed by atoms with Crippen molar-refractivity contribution in [1.29, 1.82) is 0 Å².